The van der Waals surface area contributed by atoms with Crippen molar-refractivity contribution in [3.05, 3.63) is 0 Å². The van der Waals surface area contributed by atoms with Gasteiger partial charge < -0.3 is 19.1 Å². The van der Waals surface area contributed by atoms with Crippen LogP contribution in [-0.2, 0) is 14.2 Å². The van der Waals surface area contributed by atoms with Crippen molar-refractivity contribution in [3.63, 3.8) is 0 Å². The van der Waals surface area contributed by atoms with E-state index < -0.39 is 0 Å². The molecule has 0 bridgehead atoms. The highest BCUT2D eigenvalue weighted by atomic mass is 16.5. The molecule has 0 amide bonds. The second kappa shape index (κ2) is 6.32. The molecular weight excluding hydrogens is 170 g/mol. The summed E-state index contributed by atoms with van der Waals surface area (Å²) in [7, 11) is 3.78. The van der Waals surface area contributed by atoms with E-state index in [9.17, 15) is 0 Å². The molecule has 1 fully saturated rings. The number of hydrogen-bond donors (Lipinski definition) is 0. The minimum atomic E-state index is 0.232. The van der Waals surface area contributed by atoms with Gasteiger partial charge in [0.25, 0.3) is 0 Å². The Balaban J connectivity index is 2.00. The van der Waals surface area contributed by atoms with Gasteiger partial charge in [0, 0.05) is 20.2 Å². The molecule has 0 aromatic heterocycles. The molecular formula is C9H19NO3. The van der Waals surface area contributed by atoms with Gasteiger partial charge in [0.2, 0.25) is 0 Å². The minimum Gasteiger partial charge on any atom is -0.382 e. The molecule has 78 valence electrons. The molecule has 0 N–H and O–H groups in total. The number of likely N-dealkylation sites (N-methyl/N-ethyl adjacent to an activating group) is 1. The van der Waals surface area contributed by atoms with Crippen molar-refractivity contribution in [1.82, 2.24) is 4.90 Å². The Morgan fingerprint density at radius 1 is 1.46 bits per heavy atom. The van der Waals surface area contributed by atoms with Crippen molar-refractivity contribution in [2.24, 2.45) is 0 Å². The molecule has 1 aliphatic rings. The molecule has 0 radical (unpaired) electrons. The second-order valence-electron chi connectivity index (χ2n) is 3.32. The van der Waals surface area contributed by atoms with Gasteiger partial charge in [0.15, 0.2) is 0 Å². The lowest BCUT2D eigenvalue weighted by Crippen LogP contribution is -2.42. The molecule has 1 aliphatic heterocycles. The van der Waals surface area contributed by atoms with Gasteiger partial charge in [-0.3, -0.25) is 0 Å². The minimum absolute atomic E-state index is 0.232. The first-order chi connectivity index (χ1) is 6.33. The maximum atomic E-state index is 5.52. The van der Waals surface area contributed by atoms with Gasteiger partial charge in [-0.1, -0.05) is 0 Å². The van der Waals surface area contributed by atoms with Crippen LogP contribution in [0.25, 0.3) is 0 Å². The van der Waals surface area contributed by atoms with Crippen molar-refractivity contribution in [1.29, 1.82) is 0 Å². The smallest absolute Gasteiger partial charge is 0.0935 e. The zero-order chi connectivity index (χ0) is 9.52. The predicted molar refractivity (Wildman–Crippen MR) is 49.9 cm³/mol. The Morgan fingerprint density at radius 2 is 2.31 bits per heavy atom. The number of morpholine rings is 1. The Kier molecular flexibility index (Phi) is 5.31. The van der Waals surface area contributed by atoms with Crippen molar-refractivity contribution in [3.8, 4) is 0 Å². The van der Waals surface area contributed by atoms with Crippen molar-refractivity contribution in [2.75, 3.05) is 53.7 Å². The van der Waals surface area contributed by atoms with E-state index in [4.69, 9.17) is 14.2 Å². The van der Waals surface area contributed by atoms with Gasteiger partial charge >= 0.3 is 0 Å². The fraction of sp³-hybridized carbons (Fsp3) is 1.00. The van der Waals surface area contributed by atoms with Crippen molar-refractivity contribution < 1.29 is 14.2 Å². The molecule has 0 aliphatic carbocycles. The summed E-state index contributed by atoms with van der Waals surface area (Å²) in [5, 5.41) is 0. The van der Waals surface area contributed by atoms with E-state index in [0.717, 1.165) is 19.7 Å². The number of rotatable bonds is 5. The lowest BCUT2D eigenvalue weighted by Gasteiger charge is -2.29. The Labute approximate surface area is 79.8 Å². The van der Waals surface area contributed by atoms with E-state index in [-0.39, 0.29) is 6.10 Å². The highest BCUT2D eigenvalue weighted by Gasteiger charge is 2.17. The number of nitrogens with zero attached hydrogens (tertiary/aromatic N) is 1. The Morgan fingerprint density at radius 3 is 3.00 bits per heavy atom. The van der Waals surface area contributed by atoms with Crippen LogP contribution in [-0.4, -0.2) is 64.7 Å². The van der Waals surface area contributed by atoms with Crippen LogP contribution in [0.1, 0.15) is 0 Å². The summed E-state index contributed by atoms with van der Waals surface area (Å²) in [5.74, 6) is 0. The molecule has 0 saturated carbocycles. The third-order valence-corrected chi connectivity index (χ3v) is 2.08. The zero-order valence-corrected chi connectivity index (χ0v) is 8.49. The summed E-state index contributed by atoms with van der Waals surface area (Å²) in [6.45, 7) is 4.78. The van der Waals surface area contributed by atoms with Gasteiger partial charge in [-0.15, -0.1) is 0 Å². The van der Waals surface area contributed by atoms with Gasteiger partial charge in [-0.25, -0.2) is 0 Å². The number of ether oxygens (including phenoxy) is 3. The standard InChI is InChI=1S/C9H19NO3/c1-10-3-4-13-9(7-10)8-12-6-5-11-2/h9H,3-8H2,1-2H3. The maximum absolute atomic E-state index is 5.52. The third-order valence-electron chi connectivity index (χ3n) is 2.08. The van der Waals surface area contributed by atoms with E-state index in [1.54, 1.807) is 7.11 Å². The lowest BCUT2D eigenvalue weighted by molar-refractivity contribution is -0.0681. The first-order valence-electron chi connectivity index (χ1n) is 4.69. The molecule has 13 heavy (non-hydrogen) atoms. The molecule has 0 spiro atoms. The largest absolute Gasteiger partial charge is 0.382 e. The molecule has 0 aromatic rings. The highest BCUT2D eigenvalue weighted by molar-refractivity contribution is 4.67. The summed E-state index contributed by atoms with van der Waals surface area (Å²) < 4.78 is 15.8. The van der Waals surface area contributed by atoms with Gasteiger partial charge in [0.1, 0.15) is 0 Å². The number of hydrogen-bond acceptors (Lipinski definition) is 4. The Hall–Kier alpha value is -0.160. The first kappa shape index (κ1) is 10.9. The first-order valence-corrected chi connectivity index (χ1v) is 4.69. The highest BCUT2D eigenvalue weighted by Crippen LogP contribution is 2.02. The number of methoxy groups -OCH3 is 1. The average molecular weight is 189 g/mol. The molecule has 0 aromatic carbocycles. The van der Waals surface area contributed by atoms with Crippen molar-refractivity contribution in [2.45, 2.75) is 6.10 Å². The van der Waals surface area contributed by atoms with Crippen LogP contribution in [0, 0.1) is 0 Å². The van der Waals surface area contributed by atoms with E-state index in [1.165, 1.54) is 0 Å². The van der Waals surface area contributed by atoms with E-state index >= 15 is 0 Å². The fourth-order valence-corrected chi connectivity index (χ4v) is 1.32. The molecule has 4 nitrogen and oxygen atoms in total. The summed E-state index contributed by atoms with van der Waals surface area (Å²) >= 11 is 0. The van der Waals surface area contributed by atoms with Crippen LogP contribution in [0.15, 0.2) is 0 Å². The zero-order valence-electron chi connectivity index (χ0n) is 8.49. The molecule has 1 rings (SSSR count). The van der Waals surface area contributed by atoms with E-state index in [0.29, 0.717) is 19.8 Å². The Bertz CT molecular complexity index is 132. The van der Waals surface area contributed by atoms with Crippen LogP contribution in [0.4, 0.5) is 0 Å². The molecule has 1 unspecified atom stereocenters. The average Bonchev–Trinajstić information content (AvgIpc) is 2.13. The van der Waals surface area contributed by atoms with Crippen LogP contribution in [0.3, 0.4) is 0 Å². The summed E-state index contributed by atoms with van der Waals surface area (Å²) in [5.41, 5.74) is 0. The SMILES string of the molecule is COCCOCC1CN(C)CCO1. The predicted octanol–water partition coefficient (Wildman–Crippen LogP) is -0.0200. The van der Waals surface area contributed by atoms with Crippen molar-refractivity contribution >= 4 is 0 Å². The van der Waals surface area contributed by atoms with E-state index in [1.807, 2.05) is 0 Å². The molecule has 1 atom stereocenters. The van der Waals surface area contributed by atoms with Crippen LogP contribution in [0.5, 0.6) is 0 Å². The lowest BCUT2D eigenvalue weighted by atomic mass is 10.3. The maximum Gasteiger partial charge on any atom is 0.0935 e. The van der Waals surface area contributed by atoms with E-state index in [2.05, 4.69) is 11.9 Å². The van der Waals surface area contributed by atoms with Crippen LogP contribution in [0.2, 0.25) is 0 Å². The second-order valence-corrected chi connectivity index (χ2v) is 3.32. The van der Waals surface area contributed by atoms with Crippen LogP contribution >= 0.6 is 0 Å². The van der Waals surface area contributed by atoms with Gasteiger partial charge in [0.05, 0.1) is 32.5 Å². The molecule has 4 heteroatoms. The summed E-state index contributed by atoms with van der Waals surface area (Å²) in [4.78, 5) is 2.26. The third kappa shape index (κ3) is 4.57. The summed E-state index contributed by atoms with van der Waals surface area (Å²) in [6.07, 6.45) is 0.232. The summed E-state index contributed by atoms with van der Waals surface area (Å²) in [6, 6.07) is 0. The van der Waals surface area contributed by atoms with Gasteiger partial charge in [-0.05, 0) is 7.05 Å². The molecule has 1 heterocycles. The molecule has 1 saturated heterocycles. The normalized spacial score (nSPS) is 24.9. The van der Waals surface area contributed by atoms with Gasteiger partial charge in [-0.2, -0.15) is 0 Å². The van der Waals surface area contributed by atoms with Crippen LogP contribution < -0.4 is 0 Å². The quantitative estimate of drug-likeness (QED) is 0.569. The topological polar surface area (TPSA) is 30.9 Å². The monoisotopic (exact) mass is 189 g/mol. The fourth-order valence-electron chi connectivity index (χ4n) is 1.32.